The summed E-state index contributed by atoms with van der Waals surface area (Å²) < 4.78 is 0. The maximum Gasteiger partial charge on any atom is 0.251 e. The Morgan fingerprint density at radius 3 is 2.61 bits per heavy atom. The van der Waals surface area contributed by atoms with Crippen LogP contribution >= 0.6 is 12.6 Å². The molecule has 2 rings (SSSR count). The molecule has 4 heteroatoms. The highest BCUT2D eigenvalue weighted by Gasteiger charge is 2.29. The first kappa shape index (κ1) is 13.4. The van der Waals surface area contributed by atoms with Gasteiger partial charge in [0.25, 0.3) is 5.91 Å². The maximum absolute atomic E-state index is 11.9. The molecular formula is C14H20N2OS. The van der Waals surface area contributed by atoms with E-state index in [1.165, 1.54) is 12.8 Å². The quantitative estimate of drug-likeness (QED) is 0.799. The van der Waals surface area contributed by atoms with E-state index in [9.17, 15) is 4.79 Å². The van der Waals surface area contributed by atoms with Crippen molar-refractivity contribution in [1.82, 2.24) is 10.2 Å². The zero-order valence-electron chi connectivity index (χ0n) is 10.9. The lowest BCUT2D eigenvalue weighted by molar-refractivity contribution is 0.0939. The predicted molar refractivity (Wildman–Crippen MR) is 76.3 cm³/mol. The zero-order valence-corrected chi connectivity index (χ0v) is 11.8. The third kappa shape index (κ3) is 3.50. The molecule has 0 radical (unpaired) electrons. The van der Waals surface area contributed by atoms with Crippen molar-refractivity contribution in [3.05, 3.63) is 29.8 Å². The summed E-state index contributed by atoms with van der Waals surface area (Å²) >= 11 is 4.20. The molecule has 0 bridgehead atoms. The van der Waals surface area contributed by atoms with Gasteiger partial charge in [-0.2, -0.15) is 0 Å². The van der Waals surface area contributed by atoms with Crippen molar-refractivity contribution >= 4 is 18.5 Å². The van der Waals surface area contributed by atoms with Crippen LogP contribution in [-0.2, 0) is 0 Å². The van der Waals surface area contributed by atoms with Crippen molar-refractivity contribution in [2.45, 2.75) is 36.7 Å². The van der Waals surface area contributed by atoms with Crippen molar-refractivity contribution < 1.29 is 4.79 Å². The Hall–Kier alpha value is -1.00. The van der Waals surface area contributed by atoms with Crippen LogP contribution in [0.15, 0.2) is 29.2 Å². The number of rotatable bonds is 5. The molecule has 1 atom stereocenters. The molecule has 0 spiro atoms. The molecule has 0 aliphatic heterocycles. The van der Waals surface area contributed by atoms with Gasteiger partial charge in [0.05, 0.1) is 0 Å². The summed E-state index contributed by atoms with van der Waals surface area (Å²) in [5.41, 5.74) is 0.689. The van der Waals surface area contributed by atoms with Gasteiger partial charge in [-0.05, 0) is 51.1 Å². The molecule has 1 fully saturated rings. The SMILES string of the molecule is CC(CNC(=O)c1ccc(S)cc1)N(C)C1CC1. The van der Waals surface area contributed by atoms with Crippen LogP contribution < -0.4 is 5.32 Å². The Bertz CT molecular complexity index is 414. The smallest absolute Gasteiger partial charge is 0.251 e. The molecule has 0 aromatic heterocycles. The highest BCUT2D eigenvalue weighted by Crippen LogP contribution is 2.26. The average Bonchev–Trinajstić information content (AvgIpc) is 3.19. The summed E-state index contributed by atoms with van der Waals surface area (Å²) in [5, 5.41) is 2.98. The Labute approximate surface area is 114 Å². The minimum atomic E-state index is -0.0145. The first-order chi connectivity index (χ1) is 8.58. The van der Waals surface area contributed by atoms with Crippen LogP contribution in [-0.4, -0.2) is 36.5 Å². The van der Waals surface area contributed by atoms with Gasteiger partial charge in [-0.25, -0.2) is 0 Å². The number of nitrogens with one attached hydrogen (secondary N) is 1. The first-order valence-corrected chi connectivity index (χ1v) is 6.82. The van der Waals surface area contributed by atoms with E-state index < -0.39 is 0 Å². The highest BCUT2D eigenvalue weighted by molar-refractivity contribution is 7.80. The summed E-state index contributed by atoms with van der Waals surface area (Å²) in [6.07, 6.45) is 2.58. The van der Waals surface area contributed by atoms with E-state index in [2.05, 4.69) is 36.8 Å². The second kappa shape index (κ2) is 5.76. The van der Waals surface area contributed by atoms with Gasteiger partial charge in [0, 0.05) is 29.1 Å². The standard InChI is InChI=1S/C14H20N2OS/c1-10(16(2)12-5-6-12)9-15-14(17)11-3-7-13(18)8-4-11/h3-4,7-8,10,12,18H,5-6,9H2,1-2H3,(H,15,17). The number of benzene rings is 1. The third-order valence-electron chi connectivity index (χ3n) is 3.51. The molecule has 18 heavy (non-hydrogen) atoms. The Morgan fingerprint density at radius 1 is 1.44 bits per heavy atom. The zero-order chi connectivity index (χ0) is 13.1. The molecule has 1 aromatic carbocycles. The molecule has 98 valence electrons. The first-order valence-electron chi connectivity index (χ1n) is 6.37. The Balaban J connectivity index is 1.82. The number of thiol groups is 1. The van der Waals surface area contributed by atoms with Gasteiger partial charge in [0.2, 0.25) is 0 Å². The second-order valence-electron chi connectivity index (χ2n) is 5.00. The van der Waals surface area contributed by atoms with Crippen LogP contribution in [0, 0.1) is 0 Å². The van der Waals surface area contributed by atoms with Crippen molar-refractivity contribution in [3.8, 4) is 0 Å². The second-order valence-corrected chi connectivity index (χ2v) is 5.52. The molecule has 1 N–H and O–H groups in total. The predicted octanol–water partition coefficient (Wildman–Crippen LogP) is 2.19. The van der Waals surface area contributed by atoms with Crippen LogP contribution in [0.4, 0.5) is 0 Å². The van der Waals surface area contributed by atoms with E-state index in [0.29, 0.717) is 18.2 Å². The van der Waals surface area contributed by atoms with E-state index in [4.69, 9.17) is 0 Å². The third-order valence-corrected chi connectivity index (χ3v) is 3.80. The fourth-order valence-corrected chi connectivity index (χ4v) is 2.09. The maximum atomic E-state index is 11.9. The molecule has 1 aliphatic carbocycles. The van der Waals surface area contributed by atoms with Gasteiger partial charge in [-0.1, -0.05) is 0 Å². The molecule has 1 saturated carbocycles. The normalized spacial score (nSPS) is 16.7. The van der Waals surface area contributed by atoms with Crippen LogP contribution in [0.25, 0.3) is 0 Å². The number of hydrogen-bond acceptors (Lipinski definition) is 3. The van der Waals surface area contributed by atoms with E-state index in [1.54, 1.807) is 12.1 Å². The molecule has 1 aliphatic rings. The van der Waals surface area contributed by atoms with Crippen LogP contribution in [0.1, 0.15) is 30.1 Å². The van der Waals surface area contributed by atoms with Gasteiger partial charge in [-0.3, -0.25) is 9.69 Å². The van der Waals surface area contributed by atoms with Crippen molar-refractivity contribution in [3.63, 3.8) is 0 Å². The number of hydrogen-bond donors (Lipinski definition) is 2. The van der Waals surface area contributed by atoms with Gasteiger partial charge in [-0.15, -0.1) is 12.6 Å². The van der Waals surface area contributed by atoms with Crippen LogP contribution in [0.5, 0.6) is 0 Å². The van der Waals surface area contributed by atoms with E-state index >= 15 is 0 Å². The van der Waals surface area contributed by atoms with E-state index in [0.717, 1.165) is 10.9 Å². The van der Waals surface area contributed by atoms with Crippen molar-refractivity contribution in [2.24, 2.45) is 0 Å². The monoisotopic (exact) mass is 264 g/mol. The molecule has 1 aromatic rings. The number of carbonyl (C=O) groups excluding carboxylic acids is 1. The van der Waals surface area contributed by atoms with E-state index in [1.807, 2.05) is 12.1 Å². The van der Waals surface area contributed by atoms with Crippen molar-refractivity contribution in [2.75, 3.05) is 13.6 Å². The number of likely N-dealkylation sites (N-methyl/N-ethyl adjacent to an activating group) is 1. The van der Waals surface area contributed by atoms with E-state index in [-0.39, 0.29) is 5.91 Å². The molecule has 0 saturated heterocycles. The van der Waals surface area contributed by atoms with Gasteiger partial charge >= 0.3 is 0 Å². The summed E-state index contributed by atoms with van der Waals surface area (Å²) in [6.45, 7) is 2.84. The Morgan fingerprint density at radius 2 is 2.06 bits per heavy atom. The minimum Gasteiger partial charge on any atom is -0.350 e. The van der Waals surface area contributed by atoms with Crippen molar-refractivity contribution in [1.29, 1.82) is 0 Å². The summed E-state index contributed by atoms with van der Waals surface area (Å²) in [6, 6.07) is 8.36. The fraction of sp³-hybridized carbons (Fsp3) is 0.500. The highest BCUT2D eigenvalue weighted by atomic mass is 32.1. The van der Waals surface area contributed by atoms with Crippen LogP contribution in [0.3, 0.4) is 0 Å². The Kier molecular flexibility index (Phi) is 4.30. The lowest BCUT2D eigenvalue weighted by Crippen LogP contribution is -2.41. The topological polar surface area (TPSA) is 32.3 Å². The minimum absolute atomic E-state index is 0.0145. The van der Waals surface area contributed by atoms with Gasteiger partial charge in [0.15, 0.2) is 0 Å². The largest absolute Gasteiger partial charge is 0.350 e. The summed E-state index contributed by atoms with van der Waals surface area (Å²) in [4.78, 5) is 15.1. The lowest BCUT2D eigenvalue weighted by Gasteiger charge is -2.24. The molecule has 1 unspecified atom stereocenters. The van der Waals surface area contributed by atoms with Crippen LogP contribution in [0.2, 0.25) is 0 Å². The van der Waals surface area contributed by atoms with Gasteiger partial charge < -0.3 is 5.32 Å². The fourth-order valence-electron chi connectivity index (χ4n) is 1.94. The number of amides is 1. The molecule has 3 nitrogen and oxygen atoms in total. The van der Waals surface area contributed by atoms with Gasteiger partial charge in [0.1, 0.15) is 0 Å². The summed E-state index contributed by atoms with van der Waals surface area (Å²) in [7, 11) is 2.13. The molecule has 0 heterocycles. The average molecular weight is 264 g/mol. The summed E-state index contributed by atoms with van der Waals surface area (Å²) in [5.74, 6) is -0.0145. The molecular weight excluding hydrogens is 244 g/mol. The number of carbonyl (C=O) groups is 1. The number of nitrogens with zero attached hydrogens (tertiary/aromatic N) is 1. The lowest BCUT2D eigenvalue weighted by atomic mass is 10.2. The molecule has 1 amide bonds.